The van der Waals surface area contributed by atoms with Gasteiger partial charge < -0.3 is 10.0 Å². The summed E-state index contributed by atoms with van der Waals surface area (Å²) >= 11 is 0. The van der Waals surface area contributed by atoms with Crippen LogP contribution in [-0.4, -0.2) is 30.2 Å². The molecule has 0 amide bonds. The highest BCUT2D eigenvalue weighted by atomic mass is 28.3. The van der Waals surface area contributed by atoms with E-state index in [1.807, 2.05) is 6.08 Å². The van der Waals surface area contributed by atoms with Crippen LogP contribution in [0.5, 0.6) is 0 Å². The minimum atomic E-state index is -1.41. The molecule has 0 aromatic rings. The first-order valence-electron chi connectivity index (χ1n) is 6.77. The Labute approximate surface area is 113 Å². The summed E-state index contributed by atoms with van der Waals surface area (Å²) in [4.78, 5) is 2.08. The van der Waals surface area contributed by atoms with Crippen LogP contribution in [0.3, 0.4) is 0 Å². The minimum absolute atomic E-state index is 0.300. The van der Waals surface area contributed by atoms with Crippen molar-refractivity contribution in [1.82, 2.24) is 4.90 Å². The van der Waals surface area contributed by atoms with Crippen molar-refractivity contribution in [2.24, 2.45) is 0 Å². The molecular weight excluding hydrogens is 238 g/mol. The summed E-state index contributed by atoms with van der Waals surface area (Å²) in [6.45, 7) is 15.4. The Morgan fingerprint density at radius 2 is 1.61 bits per heavy atom. The lowest BCUT2D eigenvalue weighted by Crippen LogP contribution is -2.37. The normalized spacial score (nSPS) is 18.6. The van der Waals surface area contributed by atoms with Gasteiger partial charge in [0.15, 0.2) is 5.88 Å². The van der Waals surface area contributed by atoms with Gasteiger partial charge in [0.1, 0.15) is 0 Å². The summed E-state index contributed by atoms with van der Waals surface area (Å²) in [5.41, 5.74) is 1.02. The third kappa shape index (κ3) is 3.08. The lowest BCUT2D eigenvalue weighted by molar-refractivity contribution is 0.132. The third-order valence-corrected chi connectivity index (χ3v) is 5.27. The van der Waals surface area contributed by atoms with E-state index in [4.69, 9.17) is 0 Å². The Morgan fingerprint density at radius 1 is 1.11 bits per heavy atom. The van der Waals surface area contributed by atoms with Crippen LogP contribution in [-0.2, 0) is 0 Å². The summed E-state index contributed by atoms with van der Waals surface area (Å²) in [5, 5.41) is 12.0. The number of hydrogen-bond acceptors (Lipinski definition) is 2. The quantitative estimate of drug-likeness (QED) is 0.607. The monoisotopic (exact) mass is 265 g/mol. The maximum Gasteiger partial charge on any atom is 0.194 e. The summed E-state index contributed by atoms with van der Waals surface area (Å²) < 4.78 is 0. The zero-order chi connectivity index (χ0) is 14.1. The molecule has 18 heavy (non-hydrogen) atoms. The van der Waals surface area contributed by atoms with Crippen LogP contribution >= 0.6 is 0 Å². The topological polar surface area (TPSA) is 23.5 Å². The second kappa shape index (κ2) is 5.35. The second-order valence-electron chi connectivity index (χ2n) is 6.52. The van der Waals surface area contributed by atoms with E-state index in [0.29, 0.717) is 18.0 Å². The van der Waals surface area contributed by atoms with E-state index in [0.717, 1.165) is 5.57 Å². The average molecular weight is 265 g/mol. The lowest BCUT2D eigenvalue weighted by Gasteiger charge is -2.34. The smallest absolute Gasteiger partial charge is 0.194 e. The molecule has 0 radical (unpaired) electrons. The lowest BCUT2D eigenvalue weighted by atomic mass is 10.2. The summed E-state index contributed by atoms with van der Waals surface area (Å²) in [6.07, 6.45) is 6.26. The highest BCUT2D eigenvalue weighted by molar-refractivity contribution is 6.84. The van der Waals surface area contributed by atoms with Gasteiger partial charge in [0, 0.05) is 17.7 Å². The number of allylic oxidation sites excluding steroid dienone is 5. The summed E-state index contributed by atoms with van der Waals surface area (Å²) in [5.74, 6) is 0.433. The molecule has 0 aliphatic heterocycles. The fourth-order valence-electron chi connectivity index (χ4n) is 2.49. The predicted molar refractivity (Wildman–Crippen MR) is 82.3 cm³/mol. The van der Waals surface area contributed by atoms with Crippen molar-refractivity contribution in [2.75, 3.05) is 0 Å². The van der Waals surface area contributed by atoms with Crippen LogP contribution in [0.25, 0.3) is 0 Å². The molecule has 0 saturated heterocycles. The number of aliphatic hydroxyl groups is 1. The highest BCUT2D eigenvalue weighted by Gasteiger charge is 2.28. The van der Waals surface area contributed by atoms with Crippen LogP contribution < -0.4 is 0 Å². The highest BCUT2D eigenvalue weighted by Crippen LogP contribution is 2.31. The molecule has 0 heterocycles. The number of aliphatic hydroxyl groups excluding tert-OH is 1. The van der Waals surface area contributed by atoms with E-state index >= 15 is 0 Å². The maximum atomic E-state index is 10.6. The molecule has 102 valence electrons. The van der Waals surface area contributed by atoms with E-state index in [1.165, 1.54) is 5.20 Å². The molecular formula is C15H27NOSi. The minimum Gasteiger partial charge on any atom is -0.494 e. The fraction of sp³-hybridized carbons (Fsp3) is 0.600. The molecule has 0 atom stereocenters. The van der Waals surface area contributed by atoms with E-state index in [9.17, 15) is 5.11 Å². The molecule has 1 N–H and O–H groups in total. The summed E-state index contributed by atoms with van der Waals surface area (Å²) in [7, 11) is -1.41. The van der Waals surface area contributed by atoms with Crippen molar-refractivity contribution < 1.29 is 5.11 Å². The van der Waals surface area contributed by atoms with Gasteiger partial charge in [-0.05, 0) is 39.0 Å². The van der Waals surface area contributed by atoms with Crippen molar-refractivity contribution in [3.05, 3.63) is 34.9 Å². The van der Waals surface area contributed by atoms with Gasteiger partial charge in [0.25, 0.3) is 0 Å². The van der Waals surface area contributed by atoms with Crippen LogP contribution in [0, 0.1) is 0 Å². The molecule has 0 unspecified atom stereocenters. The van der Waals surface area contributed by atoms with E-state index in [-0.39, 0.29) is 0 Å². The molecule has 0 saturated carbocycles. The zero-order valence-corrected chi connectivity index (χ0v) is 13.8. The molecule has 1 rings (SSSR count). The Kier molecular flexibility index (Phi) is 4.49. The summed E-state index contributed by atoms with van der Waals surface area (Å²) in [6, 6.07) is 0.601. The second-order valence-corrected chi connectivity index (χ2v) is 11.6. The van der Waals surface area contributed by atoms with Gasteiger partial charge in [-0.3, -0.25) is 0 Å². The van der Waals surface area contributed by atoms with Crippen molar-refractivity contribution in [1.29, 1.82) is 0 Å². The van der Waals surface area contributed by atoms with E-state index in [1.54, 1.807) is 0 Å². The van der Waals surface area contributed by atoms with Gasteiger partial charge in [0.05, 0.1) is 8.07 Å². The fourth-order valence-corrected chi connectivity index (χ4v) is 4.09. The van der Waals surface area contributed by atoms with Crippen molar-refractivity contribution in [3.8, 4) is 0 Å². The van der Waals surface area contributed by atoms with Crippen molar-refractivity contribution in [3.63, 3.8) is 0 Å². The maximum absolute atomic E-state index is 10.6. The molecule has 1 aliphatic carbocycles. The molecule has 0 fully saturated rings. The van der Waals surface area contributed by atoms with Crippen LogP contribution in [0.15, 0.2) is 34.9 Å². The van der Waals surface area contributed by atoms with Crippen LogP contribution in [0.4, 0.5) is 0 Å². The molecule has 0 aromatic heterocycles. The molecule has 2 nitrogen and oxygen atoms in total. The van der Waals surface area contributed by atoms with Gasteiger partial charge in [-0.1, -0.05) is 31.8 Å². The largest absolute Gasteiger partial charge is 0.494 e. The first-order valence-corrected chi connectivity index (χ1v) is 10.3. The van der Waals surface area contributed by atoms with Gasteiger partial charge in [0.2, 0.25) is 0 Å². The Balaban J connectivity index is 3.20. The third-order valence-electron chi connectivity index (χ3n) is 3.22. The number of rotatable bonds is 4. The van der Waals surface area contributed by atoms with E-state index < -0.39 is 8.07 Å². The predicted octanol–water partition coefficient (Wildman–Crippen LogP) is 4.25. The van der Waals surface area contributed by atoms with Crippen LogP contribution in [0.1, 0.15) is 27.7 Å². The van der Waals surface area contributed by atoms with Crippen molar-refractivity contribution >= 4 is 8.07 Å². The van der Waals surface area contributed by atoms with Gasteiger partial charge in [-0.2, -0.15) is 0 Å². The Hall–Kier alpha value is -0.963. The standard InChI is InChI=1S/C15H27NOSi/c1-11(2)16(12(3)4)15(17)13-9-8-10-14(13)18(5,6)7/h8-12,17H,1-7H3/b15-13-. The van der Waals surface area contributed by atoms with Gasteiger partial charge >= 0.3 is 0 Å². The van der Waals surface area contributed by atoms with Crippen molar-refractivity contribution in [2.45, 2.75) is 59.4 Å². The molecule has 3 heteroatoms. The molecule has 0 spiro atoms. The first kappa shape index (κ1) is 15.1. The number of nitrogens with zero attached hydrogens (tertiary/aromatic N) is 1. The molecule has 0 aromatic carbocycles. The SMILES string of the molecule is CC(C)N(/C(O)=C1\C=CC=C1[Si](C)(C)C)C(C)C. The average Bonchev–Trinajstić information content (AvgIpc) is 2.63. The van der Waals surface area contributed by atoms with Gasteiger partial charge in [-0.25, -0.2) is 0 Å². The Bertz CT molecular complexity index is 389. The Morgan fingerprint density at radius 3 is 2.00 bits per heavy atom. The number of hydrogen-bond donors (Lipinski definition) is 1. The first-order chi connectivity index (χ1) is 8.16. The molecule has 0 bridgehead atoms. The molecule has 1 aliphatic rings. The van der Waals surface area contributed by atoms with Gasteiger partial charge in [-0.15, -0.1) is 0 Å². The van der Waals surface area contributed by atoms with Crippen LogP contribution in [0.2, 0.25) is 19.6 Å². The van der Waals surface area contributed by atoms with E-state index in [2.05, 4.69) is 64.4 Å². The zero-order valence-electron chi connectivity index (χ0n) is 12.8.